The van der Waals surface area contributed by atoms with E-state index in [-0.39, 0.29) is 6.61 Å². The Morgan fingerprint density at radius 3 is 2.65 bits per heavy atom. The molecule has 0 unspecified atom stereocenters. The summed E-state index contributed by atoms with van der Waals surface area (Å²) in [5.74, 6) is 0.798. The molecule has 2 aromatic rings. The second kappa shape index (κ2) is 7.22. The zero-order chi connectivity index (χ0) is 14.4. The standard InChI is InChI=1S/C16H22N2O2/c1-3-18(4-2)9-10-20-16-11-13(12-19)17-15-8-6-5-7-14(15)16/h5-8,11,19H,3-4,9-10,12H2,1-2H3. The van der Waals surface area contributed by atoms with Gasteiger partial charge in [-0.1, -0.05) is 26.0 Å². The van der Waals surface area contributed by atoms with Gasteiger partial charge in [0.15, 0.2) is 0 Å². The van der Waals surface area contributed by atoms with E-state index in [1.807, 2.05) is 30.3 Å². The van der Waals surface area contributed by atoms with Crippen LogP contribution in [0.2, 0.25) is 0 Å². The normalized spacial score (nSPS) is 11.2. The topological polar surface area (TPSA) is 45.6 Å². The van der Waals surface area contributed by atoms with Crippen LogP contribution in [-0.4, -0.2) is 41.2 Å². The van der Waals surface area contributed by atoms with E-state index >= 15 is 0 Å². The van der Waals surface area contributed by atoms with Crippen LogP contribution in [0.15, 0.2) is 30.3 Å². The van der Waals surface area contributed by atoms with Crippen LogP contribution < -0.4 is 4.74 Å². The minimum Gasteiger partial charge on any atom is -0.491 e. The van der Waals surface area contributed by atoms with Gasteiger partial charge in [-0.3, -0.25) is 4.98 Å². The quantitative estimate of drug-likeness (QED) is 0.842. The molecule has 1 N–H and O–H groups in total. The van der Waals surface area contributed by atoms with Gasteiger partial charge in [-0.25, -0.2) is 0 Å². The van der Waals surface area contributed by atoms with Crippen molar-refractivity contribution in [2.45, 2.75) is 20.5 Å². The first-order chi connectivity index (χ1) is 9.78. The van der Waals surface area contributed by atoms with Crippen molar-refractivity contribution in [2.24, 2.45) is 0 Å². The fourth-order valence-electron chi connectivity index (χ4n) is 2.22. The number of aliphatic hydroxyl groups is 1. The number of rotatable bonds is 7. The van der Waals surface area contributed by atoms with Crippen molar-refractivity contribution >= 4 is 10.9 Å². The maximum absolute atomic E-state index is 9.28. The van der Waals surface area contributed by atoms with Gasteiger partial charge in [0.1, 0.15) is 12.4 Å². The van der Waals surface area contributed by atoms with Crippen molar-refractivity contribution in [1.29, 1.82) is 0 Å². The van der Waals surface area contributed by atoms with E-state index in [0.29, 0.717) is 12.3 Å². The molecule has 4 nitrogen and oxygen atoms in total. The van der Waals surface area contributed by atoms with Crippen LogP contribution in [-0.2, 0) is 6.61 Å². The van der Waals surface area contributed by atoms with Crippen LogP contribution in [0.3, 0.4) is 0 Å². The highest BCUT2D eigenvalue weighted by atomic mass is 16.5. The largest absolute Gasteiger partial charge is 0.491 e. The van der Waals surface area contributed by atoms with Crippen molar-refractivity contribution in [2.75, 3.05) is 26.2 Å². The Balaban J connectivity index is 2.15. The van der Waals surface area contributed by atoms with Gasteiger partial charge in [-0.2, -0.15) is 0 Å². The smallest absolute Gasteiger partial charge is 0.130 e. The van der Waals surface area contributed by atoms with Crippen LogP contribution in [0.5, 0.6) is 5.75 Å². The molecule has 0 spiro atoms. The fourth-order valence-corrected chi connectivity index (χ4v) is 2.22. The number of ether oxygens (including phenoxy) is 1. The van der Waals surface area contributed by atoms with Gasteiger partial charge in [-0.05, 0) is 25.2 Å². The van der Waals surface area contributed by atoms with Crippen LogP contribution in [0.1, 0.15) is 19.5 Å². The molecule has 0 aliphatic rings. The molecule has 0 radical (unpaired) electrons. The monoisotopic (exact) mass is 274 g/mol. The number of likely N-dealkylation sites (N-methyl/N-ethyl adjacent to an activating group) is 1. The molecule has 0 aliphatic heterocycles. The summed E-state index contributed by atoms with van der Waals surface area (Å²) in [5.41, 5.74) is 1.50. The first kappa shape index (κ1) is 14.8. The average molecular weight is 274 g/mol. The van der Waals surface area contributed by atoms with Gasteiger partial charge < -0.3 is 14.7 Å². The lowest BCUT2D eigenvalue weighted by Crippen LogP contribution is -2.27. The molecule has 0 saturated heterocycles. The van der Waals surface area contributed by atoms with E-state index in [2.05, 4.69) is 23.7 Å². The summed E-state index contributed by atoms with van der Waals surface area (Å²) < 4.78 is 5.90. The summed E-state index contributed by atoms with van der Waals surface area (Å²) in [6.07, 6.45) is 0. The van der Waals surface area contributed by atoms with E-state index in [1.54, 1.807) is 0 Å². The van der Waals surface area contributed by atoms with Gasteiger partial charge in [-0.15, -0.1) is 0 Å². The van der Waals surface area contributed by atoms with Gasteiger partial charge in [0, 0.05) is 18.0 Å². The zero-order valence-corrected chi connectivity index (χ0v) is 12.2. The molecule has 20 heavy (non-hydrogen) atoms. The number of hydrogen-bond donors (Lipinski definition) is 1. The first-order valence-corrected chi connectivity index (χ1v) is 7.13. The Morgan fingerprint density at radius 2 is 1.95 bits per heavy atom. The summed E-state index contributed by atoms with van der Waals surface area (Å²) in [7, 11) is 0. The minimum absolute atomic E-state index is 0.0722. The van der Waals surface area contributed by atoms with Gasteiger partial charge in [0.25, 0.3) is 0 Å². The molecule has 0 bridgehead atoms. The van der Waals surface area contributed by atoms with E-state index in [1.165, 1.54) is 0 Å². The zero-order valence-electron chi connectivity index (χ0n) is 12.2. The minimum atomic E-state index is -0.0722. The molecule has 4 heteroatoms. The third kappa shape index (κ3) is 3.46. The third-order valence-corrected chi connectivity index (χ3v) is 3.45. The summed E-state index contributed by atoms with van der Waals surface area (Å²) in [4.78, 5) is 6.71. The fraction of sp³-hybridized carbons (Fsp3) is 0.438. The van der Waals surface area contributed by atoms with Crippen LogP contribution in [0.4, 0.5) is 0 Å². The molecule has 1 aromatic heterocycles. The number of benzene rings is 1. The number of aromatic nitrogens is 1. The number of hydrogen-bond acceptors (Lipinski definition) is 4. The molecule has 0 amide bonds. The van der Waals surface area contributed by atoms with E-state index in [9.17, 15) is 5.11 Å². The highest BCUT2D eigenvalue weighted by Crippen LogP contribution is 2.25. The van der Waals surface area contributed by atoms with Crippen molar-refractivity contribution in [1.82, 2.24) is 9.88 Å². The molecular formula is C16H22N2O2. The van der Waals surface area contributed by atoms with Crippen molar-refractivity contribution < 1.29 is 9.84 Å². The third-order valence-electron chi connectivity index (χ3n) is 3.45. The Hall–Kier alpha value is -1.65. The molecule has 108 valence electrons. The molecule has 1 aromatic carbocycles. The van der Waals surface area contributed by atoms with Crippen LogP contribution >= 0.6 is 0 Å². The van der Waals surface area contributed by atoms with E-state index in [0.717, 1.165) is 36.3 Å². The first-order valence-electron chi connectivity index (χ1n) is 7.13. The summed E-state index contributed by atoms with van der Waals surface area (Å²) in [6, 6.07) is 9.67. The highest BCUT2D eigenvalue weighted by Gasteiger charge is 2.07. The second-order valence-electron chi connectivity index (χ2n) is 4.66. The van der Waals surface area contributed by atoms with E-state index < -0.39 is 0 Å². The summed E-state index contributed by atoms with van der Waals surface area (Å²) >= 11 is 0. The maximum Gasteiger partial charge on any atom is 0.130 e. The lowest BCUT2D eigenvalue weighted by molar-refractivity contribution is 0.223. The van der Waals surface area contributed by atoms with Gasteiger partial charge >= 0.3 is 0 Å². The summed E-state index contributed by atoms with van der Waals surface area (Å²) in [6.45, 7) is 7.82. The molecule has 0 fully saturated rings. The number of fused-ring (bicyclic) bond motifs is 1. The molecular weight excluding hydrogens is 252 g/mol. The molecule has 2 rings (SSSR count). The predicted octanol–water partition coefficient (Wildman–Crippen LogP) is 2.45. The Kier molecular flexibility index (Phi) is 5.32. The van der Waals surface area contributed by atoms with Crippen molar-refractivity contribution in [3.05, 3.63) is 36.0 Å². The lowest BCUT2D eigenvalue weighted by Gasteiger charge is -2.18. The molecule has 0 atom stereocenters. The Labute approximate surface area is 120 Å². The average Bonchev–Trinajstić information content (AvgIpc) is 2.51. The predicted molar refractivity (Wildman–Crippen MR) is 80.9 cm³/mol. The van der Waals surface area contributed by atoms with Gasteiger partial charge in [0.2, 0.25) is 0 Å². The second-order valence-corrected chi connectivity index (χ2v) is 4.66. The molecule has 1 heterocycles. The van der Waals surface area contributed by atoms with Gasteiger partial charge in [0.05, 0.1) is 17.8 Å². The van der Waals surface area contributed by atoms with E-state index in [4.69, 9.17) is 4.74 Å². The molecule has 0 aliphatic carbocycles. The number of nitrogens with zero attached hydrogens (tertiary/aromatic N) is 2. The van der Waals surface area contributed by atoms with Crippen LogP contribution in [0, 0.1) is 0 Å². The summed E-state index contributed by atoms with van der Waals surface area (Å²) in [5, 5.41) is 10.3. The Morgan fingerprint density at radius 1 is 1.20 bits per heavy atom. The highest BCUT2D eigenvalue weighted by molar-refractivity contribution is 5.85. The number of para-hydroxylation sites is 1. The maximum atomic E-state index is 9.28. The molecule has 0 saturated carbocycles. The van der Waals surface area contributed by atoms with Crippen molar-refractivity contribution in [3.63, 3.8) is 0 Å². The Bertz CT molecular complexity index is 553. The van der Waals surface area contributed by atoms with Crippen LogP contribution in [0.25, 0.3) is 10.9 Å². The van der Waals surface area contributed by atoms with Crippen molar-refractivity contribution in [3.8, 4) is 5.75 Å². The SMILES string of the molecule is CCN(CC)CCOc1cc(CO)nc2ccccc12. The number of aliphatic hydroxyl groups excluding tert-OH is 1. The lowest BCUT2D eigenvalue weighted by atomic mass is 10.2. The number of pyridine rings is 1.